The first-order valence-corrected chi connectivity index (χ1v) is 7.37. The van der Waals surface area contributed by atoms with Crippen LogP contribution >= 0.6 is 0 Å². The molecule has 0 spiro atoms. The molecule has 3 rings (SSSR count). The van der Waals surface area contributed by atoms with Crippen molar-refractivity contribution < 1.29 is 4.52 Å². The lowest BCUT2D eigenvalue weighted by Crippen LogP contribution is -2.24. The van der Waals surface area contributed by atoms with Crippen LogP contribution in [-0.2, 0) is 12.8 Å². The maximum absolute atomic E-state index is 5.35. The molecule has 1 aromatic carbocycles. The summed E-state index contributed by atoms with van der Waals surface area (Å²) in [6.45, 7) is 5.29. The summed E-state index contributed by atoms with van der Waals surface area (Å²) < 4.78 is 5.35. The molecule has 0 saturated carbocycles. The summed E-state index contributed by atoms with van der Waals surface area (Å²) >= 11 is 0. The van der Waals surface area contributed by atoms with Crippen LogP contribution in [0.4, 0.5) is 0 Å². The van der Waals surface area contributed by atoms with Gasteiger partial charge in [-0.1, -0.05) is 43.3 Å². The van der Waals surface area contributed by atoms with Crippen LogP contribution in [0.3, 0.4) is 0 Å². The first-order chi connectivity index (χ1) is 9.74. The van der Waals surface area contributed by atoms with E-state index in [1.165, 1.54) is 11.1 Å². The van der Waals surface area contributed by atoms with E-state index in [-0.39, 0.29) is 0 Å². The van der Waals surface area contributed by atoms with E-state index in [9.17, 15) is 0 Å². The van der Waals surface area contributed by atoms with E-state index < -0.39 is 0 Å². The number of hydrogen-bond donors (Lipinski definition) is 1. The molecular weight excluding hydrogens is 250 g/mol. The smallest absolute Gasteiger partial charge is 0.226 e. The topological polar surface area (TPSA) is 51.0 Å². The maximum Gasteiger partial charge on any atom is 0.226 e. The van der Waals surface area contributed by atoms with Crippen molar-refractivity contribution in [2.75, 3.05) is 6.54 Å². The zero-order valence-electron chi connectivity index (χ0n) is 12.1. The number of rotatable bonds is 6. The molecule has 0 bridgehead atoms. The van der Waals surface area contributed by atoms with Crippen LogP contribution < -0.4 is 5.32 Å². The molecule has 4 nitrogen and oxygen atoms in total. The summed E-state index contributed by atoms with van der Waals surface area (Å²) in [4.78, 5) is 4.54. The fourth-order valence-corrected chi connectivity index (χ4v) is 2.63. The first kappa shape index (κ1) is 13.3. The molecule has 0 saturated heterocycles. The minimum Gasteiger partial charge on any atom is -0.339 e. The van der Waals surface area contributed by atoms with E-state index in [1.54, 1.807) is 0 Å². The lowest BCUT2D eigenvalue weighted by atomic mass is 9.77. The predicted molar refractivity (Wildman–Crippen MR) is 77.7 cm³/mol. The van der Waals surface area contributed by atoms with Crippen LogP contribution in [0, 0.1) is 0 Å². The second kappa shape index (κ2) is 5.75. The highest BCUT2D eigenvalue weighted by atomic mass is 16.5. The molecule has 0 aliphatic heterocycles. The van der Waals surface area contributed by atoms with Crippen molar-refractivity contribution >= 4 is 0 Å². The van der Waals surface area contributed by atoms with E-state index in [4.69, 9.17) is 4.52 Å². The van der Waals surface area contributed by atoms with Crippen LogP contribution in [-0.4, -0.2) is 22.7 Å². The monoisotopic (exact) mass is 271 g/mol. The second-order valence-corrected chi connectivity index (χ2v) is 5.71. The molecule has 1 unspecified atom stereocenters. The molecule has 0 amide bonds. The van der Waals surface area contributed by atoms with E-state index >= 15 is 0 Å². The van der Waals surface area contributed by atoms with Crippen molar-refractivity contribution in [3.63, 3.8) is 0 Å². The Kier molecular flexibility index (Phi) is 3.83. The lowest BCUT2D eigenvalue weighted by Gasteiger charge is -2.27. The third-order valence-corrected chi connectivity index (χ3v) is 3.77. The molecule has 20 heavy (non-hydrogen) atoms. The number of fused-ring (bicyclic) bond motifs is 1. The fourth-order valence-electron chi connectivity index (χ4n) is 2.63. The normalized spacial score (nSPS) is 17.1. The van der Waals surface area contributed by atoms with Gasteiger partial charge in [0.2, 0.25) is 5.89 Å². The molecule has 1 atom stereocenters. The molecule has 1 heterocycles. The molecule has 1 aliphatic carbocycles. The van der Waals surface area contributed by atoms with E-state index in [0.717, 1.165) is 37.5 Å². The van der Waals surface area contributed by atoms with Gasteiger partial charge in [0, 0.05) is 12.5 Å². The van der Waals surface area contributed by atoms with Crippen LogP contribution in [0.2, 0.25) is 0 Å². The molecule has 106 valence electrons. The molecule has 1 aromatic heterocycles. The van der Waals surface area contributed by atoms with Crippen molar-refractivity contribution in [1.82, 2.24) is 15.5 Å². The molecular formula is C16H21N3O. The van der Waals surface area contributed by atoms with Gasteiger partial charge in [-0.05, 0) is 30.5 Å². The van der Waals surface area contributed by atoms with Crippen LogP contribution in [0.5, 0.6) is 0 Å². The summed E-state index contributed by atoms with van der Waals surface area (Å²) in [5, 5.41) is 7.54. The lowest BCUT2D eigenvalue weighted by molar-refractivity contribution is 0.365. The Labute approximate surface area is 119 Å². The highest BCUT2D eigenvalue weighted by Crippen LogP contribution is 2.38. The predicted octanol–water partition coefficient (Wildman–Crippen LogP) is 2.69. The summed E-state index contributed by atoms with van der Waals surface area (Å²) in [5.74, 6) is 1.93. The van der Waals surface area contributed by atoms with Crippen molar-refractivity contribution in [3.05, 3.63) is 47.1 Å². The number of nitrogens with zero attached hydrogens (tertiary/aromatic N) is 2. The highest BCUT2D eigenvalue weighted by molar-refractivity contribution is 5.43. The van der Waals surface area contributed by atoms with Gasteiger partial charge >= 0.3 is 0 Å². The zero-order chi connectivity index (χ0) is 13.9. The largest absolute Gasteiger partial charge is 0.339 e. The SMILES string of the molecule is CC(C)NCCCc1nc(C2Cc3ccccc32)no1. The Bertz CT molecular complexity index is 577. The van der Waals surface area contributed by atoms with Gasteiger partial charge in [-0.15, -0.1) is 0 Å². The molecule has 2 aromatic rings. The third-order valence-electron chi connectivity index (χ3n) is 3.77. The van der Waals surface area contributed by atoms with Crippen molar-refractivity contribution in [3.8, 4) is 0 Å². The van der Waals surface area contributed by atoms with Crippen molar-refractivity contribution in [2.24, 2.45) is 0 Å². The Hall–Kier alpha value is -1.68. The Morgan fingerprint density at radius 2 is 2.20 bits per heavy atom. The average Bonchev–Trinajstić information content (AvgIpc) is 2.84. The standard InChI is InChI=1S/C16H21N3O/c1-11(2)17-9-5-8-15-18-16(19-20-15)14-10-12-6-3-4-7-13(12)14/h3-4,6-7,11,14,17H,5,8-10H2,1-2H3. The van der Waals surface area contributed by atoms with Gasteiger partial charge in [0.05, 0.1) is 5.92 Å². The number of benzene rings is 1. The molecule has 0 fully saturated rings. The summed E-state index contributed by atoms with van der Waals surface area (Å²) in [6, 6.07) is 9.01. The van der Waals surface area contributed by atoms with Crippen molar-refractivity contribution in [1.29, 1.82) is 0 Å². The minimum atomic E-state index is 0.331. The number of nitrogens with one attached hydrogen (secondary N) is 1. The Morgan fingerprint density at radius 3 is 3.00 bits per heavy atom. The quantitative estimate of drug-likeness (QED) is 0.821. The maximum atomic E-state index is 5.35. The summed E-state index contributed by atoms with van der Waals surface area (Å²) in [5.41, 5.74) is 2.76. The van der Waals surface area contributed by atoms with Gasteiger partial charge in [-0.3, -0.25) is 0 Å². The number of hydrogen-bond acceptors (Lipinski definition) is 4. The second-order valence-electron chi connectivity index (χ2n) is 5.71. The van der Waals surface area contributed by atoms with Crippen molar-refractivity contribution in [2.45, 2.75) is 45.1 Å². The van der Waals surface area contributed by atoms with Gasteiger partial charge in [0.15, 0.2) is 5.82 Å². The van der Waals surface area contributed by atoms with Gasteiger partial charge in [0.25, 0.3) is 0 Å². The molecule has 4 heteroatoms. The van der Waals surface area contributed by atoms with E-state index in [1.807, 2.05) is 0 Å². The number of aryl methyl sites for hydroxylation is 1. The average molecular weight is 271 g/mol. The van der Waals surface area contributed by atoms with Gasteiger partial charge in [-0.2, -0.15) is 4.98 Å². The van der Waals surface area contributed by atoms with Gasteiger partial charge in [-0.25, -0.2) is 0 Å². The highest BCUT2D eigenvalue weighted by Gasteiger charge is 2.30. The van der Waals surface area contributed by atoms with Crippen LogP contribution in [0.25, 0.3) is 0 Å². The number of aromatic nitrogens is 2. The van der Waals surface area contributed by atoms with Crippen LogP contribution in [0.15, 0.2) is 28.8 Å². The fraction of sp³-hybridized carbons (Fsp3) is 0.500. The Morgan fingerprint density at radius 1 is 1.35 bits per heavy atom. The molecule has 1 N–H and O–H groups in total. The molecule has 1 aliphatic rings. The van der Waals surface area contributed by atoms with Crippen LogP contribution in [0.1, 0.15) is 49.0 Å². The first-order valence-electron chi connectivity index (χ1n) is 7.37. The Balaban J connectivity index is 1.56. The third kappa shape index (κ3) is 2.75. The molecule has 0 radical (unpaired) electrons. The van der Waals surface area contributed by atoms with Gasteiger partial charge in [0.1, 0.15) is 0 Å². The summed E-state index contributed by atoms with van der Waals surface area (Å²) in [7, 11) is 0. The zero-order valence-corrected chi connectivity index (χ0v) is 12.1. The van der Waals surface area contributed by atoms with E-state index in [2.05, 4.69) is 53.6 Å². The summed E-state index contributed by atoms with van der Waals surface area (Å²) in [6.07, 6.45) is 2.91. The van der Waals surface area contributed by atoms with E-state index in [0.29, 0.717) is 12.0 Å². The van der Waals surface area contributed by atoms with Gasteiger partial charge < -0.3 is 9.84 Å². The minimum absolute atomic E-state index is 0.331.